The lowest BCUT2D eigenvalue weighted by molar-refractivity contribution is 0.112. The third kappa shape index (κ3) is 4.23. The second-order valence-electron chi connectivity index (χ2n) is 12.9. The van der Waals surface area contributed by atoms with Crippen LogP contribution >= 0.6 is 11.6 Å². The van der Waals surface area contributed by atoms with Crippen molar-refractivity contribution in [3.63, 3.8) is 0 Å². The molecule has 10 rings (SSSR count). The molecule has 0 aliphatic carbocycles. The summed E-state index contributed by atoms with van der Waals surface area (Å²) in [5.41, 5.74) is 4.32. The van der Waals surface area contributed by atoms with Crippen molar-refractivity contribution in [1.29, 1.82) is 0 Å². The summed E-state index contributed by atoms with van der Waals surface area (Å²) in [5, 5.41) is 17.2. The van der Waals surface area contributed by atoms with Gasteiger partial charge in [0.2, 0.25) is 0 Å². The Kier molecular flexibility index (Phi) is 6.15. The van der Waals surface area contributed by atoms with Crippen LogP contribution in [-0.2, 0) is 0 Å². The van der Waals surface area contributed by atoms with Gasteiger partial charge in [-0.2, -0.15) is 0 Å². The van der Waals surface area contributed by atoms with Crippen LogP contribution in [0.15, 0.2) is 158 Å². The van der Waals surface area contributed by atoms with Gasteiger partial charge in [-0.15, -0.1) is 0 Å². The average molecular weight is 643 g/mol. The second-order valence-corrected chi connectivity index (χ2v) is 13.3. The fraction of sp³-hybridized carbons (Fsp3) is 0. The SMILES string of the molecule is O=Cc1ccc(Cl)c(-c2cccc3c2ccc2c4ccccc4ccc32)c1-c1cccc2cc3ccc4cc5ccccc5cc4c3cc12. The predicted molar refractivity (Wildman–Crippen MR) is 210 cm³/mol. The van der Waals surface area contributed by atoms with Crippen molar-refractivity contribution in [2.24, 2.45) is 0 Å². The normalized spacial score (nSPS) is 11.9. The Bertz CT molecular complexity index is 3030. The largest absolute Gasteiger partial charge is 0.298 e. The van der Waals surface area contributed by atoms with Crippen molar-refractivity contribution < 1.29 is 4.79 Å². The summed E-state index contributed by atoms with van der Waals surface area (Å²) in [4.78, 5) is 12.9. The van der Waals surface area contributed by atoms with E-state index in [-0.39, 0.29) is 0 Å². The molecule has 0 spiro atoms. The number of fused-ring (bicyclic) bond motifs is 10. The first kappa shape index (κ1) is 28.0. The summed E-state index contributed by atoms with van der Waals surface area (Å²) in [6, 6.07) is 55.9. The van der Waals surface area contributed by atoms with Crippen LogP contribution in [0.2, 0.25) is 5.02 Å². The predicted octanol–water partition coefficient (Wildman–Crippen LogP) is 13.6. The smallest absolute Gasteiger partial charge is 0.150 e. The highest BCUT2D eigenvalue weighted by atomic mass is 35.5. The van der Waals surface area contributed by atoms with Gasteiger partial charge in [0.15, 0.2) is 6.29 Å². The van der Waals surface area contributed by atoms with Crippen molar-refractivity contribution in [3.8, 4) is 22.3 Å². The molecular formula is C47H27ClO. The maximum atomic E-state index is 12.9. The number of carbonyl (C=O) groups excluding carboxylic acids is 1. The Balaban J connectivity index is 1.28. The van der Waals surface area contributed by atoms with Crippen LogP contribution in [0.1, 0.15) is 10.4 Å². The summed E-state index contributed by atoms with van der Waals surface area (Å²) < 4.78 is 0. The minimum Gasteiger partial charge on any atom is -0.298 e. The number of halogens is 1. The van der Waals surface area contributed by atoms with Crippen LogP contribution in [0, 0.1) is 0 Å². The number of carbonyl (C=O) groups is 1. The van der Waals surface area contributed by atoms with E-state index in [1.54, 1.807) is 0 Å². The maximum absolute atomic E-state index is 12.9. The van der Waals surface area contributed by atoms with Crippen molar-refractivity contribution >= 4 is 93.3 Å². The zero-order valence-corrected chi connectivity index (χ0v) is 27.1. The molecule has 2 heteroatoms. The van der Waals surface area contributed by atoms with E-state index in [9.17, 15) is 4.79 Å². The van der Waals surface area contributed by atoms with Gasteiger partial charge in [0.1, 0.15) is 0 Å². The Labute approximate surface area is 287 Å². The highest BCUT2D eigenvalue weighted by Crippen LogP contribution is 2.46. The van der Waals surface area contributed by atoms with Crippen molar-refractivity contribution in [3.05, 3.63) is 168 Å². The lowest BCUT2D eigenvalue weighted by atomic mass is 9.85. The molecule has 228 valence electrons. The zero-order chi connectivity index (χ0) is 32.6. The summed E-state index contributed by atoms with van der Waals surface area (Å²) in [7, 11) is 0. The van der Waals surface area contributed by atoms with Crippen LogP contribution in [0.25, 0.3) is 97.7 Å². The Morgan fingerprint density at radius 1 is 0.347 bits per heavy atom. The Morgan fingerprint density at radius 3 is 1.69 bits per heavy atom. The number of aldehydes is 1. The zero-order valence-electron chi connectivity index (χ0n) is 26.4. The van der Waals surface area contributed by atoms with Gasteiger partial charge in [0, 0.05) is 21.7 Å². The second kappa shape index (κ2) is 10.8. The third-order valence-electron chi connectivity index (χ3n) is 10.3. The fourth-order valence-electron chi connectivity index (χ4n) is 8.06. The molecular weight excluding hydrogens is 616 g/mol. The maximum Gasteiger partial charge on any atom is 0.150 e. The van der Waals surface area contributed by atoms with Crippen LogP contribution < -0.4 is 0 Å². The highest BCUT2D eigenvalue weighted by molar-refractivity contribution is 6.35. The molecule has 0 aromatic heterocycles. The van der Waals surface area contributed by atoms with E-state index in [4.69, 9.17) is 11.6 Å². The first-order valence-electron chi connectivity index (χ1n) is 16.6. The first-order valence-corrected chi connectivity index (χ1v) is 16.9. The van der Waals surface area contributed by atoms with Crippen LogP contribution in [0.4, 0.5) is 0 Å². The van der Waals surface area contributed by atoms with Gasteiger partial charge in [-0.3, -0.25) is 4.79 Å². The van der Waals surface area contributed by atoms with E-state index in [0.717, 1.165) is 50.1 Å². The van der Waals surface area contributed by atoms with Crippen molar-refractivity contribution in [2.75, 3.05) is 0 Å². The molecule has 49 heavy (non-hydrogen) atoms. The Morgan fingerprint density at radius 2 is 0.878 bits per heavy atom. The molecule has 0 atom stereocenters. The monoisotopic (exact) mass is 642 g/mol. The number of hydrogen-bond donors (Lipinski definition) is 0. The lowest BCUT2D eigenvalue weighted by Crippen LogP contribution is -1.96. The molecule has 0 N–H and O–H groups in total. The van der Waals surface area contributed by atoms with Crippen LogP contribution in [0.3, 0.4) is 0 Å². The summed E-state index contributed by atoms with van der Waals surface area (Å²) in [6.45, 7) is 0. The molecule has 10 aromatic carbocycles. The number of hydrogen-bond acceptors (Lipinski definition) is 1. The van der Waals surface area contributed by atoms with E-state index < -0.39 is 0 Å². The molecule has 0 aliphatic heterocycles. The summed E-state index contributed by atoms with van der Waals surface area (Å²) in [5.74, 6) is 0. The molecule has 0 amide bonds. The molecule has 10 aromatic rings. The van der Waals surface area contributed by atoms with E-state index in [1.807, 2.05) is 12.1 Å². The number of rotatable bonds is 3. The topological polar surface area (TPSA) is 17.1 Å². The van der Waals surface area contributed by atoms with Crippen molar-refractivity contribution in [2.45, 2.75) is 0 Å². The van der Waals surface area contributed by atoms with Crippen LogP contribution in [0.5, 0.6) is 0 Å². The quantitative estimate of drug-likeness (QED) is 0.106. The molecule has 0 unspecified atom stereocenters. The molecule has 0 bridgehead atoms. The van der Waals surface area contributed by atoms with Gasteiger partial charge >= 0.3 is 0 Å². The Hall–Kier alpha value is -6.02. The van der Waals surface area contributed by atoms with Gasteiger partial charge in [0.25, 0.3) is 0 Å². The van der Waals surface area contributed by atoms with Crippen molar-refractivity contribution in [1.82, 2.24) is 0 Å². The van der Waals surface area contributed by atoms with E-state index in [2.05, 4.69) is 146 Å². The summed E-state index contributed by atoms with van der Waals surface area (Å²) >= 11 is 7.20. The third-order valence-corrected chi connectivity index (χ3v) is 10.7. The van der Waals surface area contributed by atoms with Gasteiger partial charge in [-0.1, -0.05) is 133 Å². The molecule has 0 heterocycles. The molecule has 0 radical (unpaired) electrons. The van der Waals surface area contributed by atoms with Gasteiger partial charge in [0.05, 0.1) is 0 Å². The van der Waals surface area contributed by atoms with E-state index >= 15 is 0 Å². The minimum absolute atomic E-state index is 0.611. The molecule has 0 fully saturated rings. The molecule has 0 saturated heterocycles. The first-order chi connectivity index (χ1) is 24.2. The van der Waals surface area contributed by atoms with Gasteiger partial charge < -0.3 is 0 Å². The van der Waals surface area contributed by atoms with E-state index in [0.29, 0.717) is 10.6 Å². The molecule has 1 nitrogen and oxygen atoms in total. The standard InChI is InChI=1S/C47H27ClO/c48-45-22-18-34(27-49)46(47(45)40-14-6-12-36-38-19-17-28-7-3-4-11-35(28)37(38)20-21-39(36)40)41-13-5-10-31-24-33-16-15-32-23-29-8-1-2-9-30(29)25-42(32)44(33)26-43(31)41/h1-27H. The number of benzene rings is 10. The van der Waals surface area contributed by atoms with Gasteiger partial charge in [-0.05, 0) is 123 Å². The average Bonchev–Trinajstić information content (AvgIpc) is 3.15. The summed E-state index contributed by atoms with van der Waals surface area (Å²) in [6.07, 6.45) is 0.962. The minimum atomic E-state index is 0.611. The van der Waals surface area contributed by atoms with Gasteiger partial charge in [-0.25, -0.2) is 0 Å². The van der Waals surface area contributed by atoms with Crippen LogP contribution in [-0.4, -0.2) is 6.29 Å². The van der Waals surface area contributed by atoms with E-state index in [1.165, 1.54) is 53.9 Å². The lowest BCUT2D eigenvalue weighted by Gasteiger charge is -2.19. The molecule has 0 saturated carbocycles. The highest BCUT2D eigenvalue weighted by Gasteiger charge is 2.21. The fourth-order valence-corrected chi connectivity index (χ4v) is 8.32. The molecule has 0 aliphatic rings.